The van der Waals surface area contributed by atoms with E-state index < -0.39 is 0 Å². The Morgan fingerprint density at radius 3 is 2.88 bits per heavy atom. The molecule has 1 fully saturated rings. The van der Waals surface area contributed by atoms with Crippen molar-refractivity contribution in [2.45, 2.75) is 12.8 Å². The van der Waals surface area contributed by atoms with Gasteiger partial charge in [0, 0.05) is 23.5 Å². The Morgan fingerprint density at radius 2 is 2.16 bits per heavy atom. The van der Waals surface area contributed by atoms with E-state index in [0.29, 0.717) is 18.1 Å². The number of nitrogens with one attached hydrogen (secondary N) is 1. The van der Waals surface area contributed by atoms with Gasteiger partial charge in [-0.1, -0.05) is 12.1 Å². The molecule has 2 aromatic heterocycles. The zero-order valence-corrected chi connectivity index (χ0v) is 14.2. The molecule has 0 bridgehead atoms. The van der Waals surface area contributed by atoms with Gasteiger partial charge in [0.25, 0.3) is 0 Å². The van der Waals surface area contributed by atoms with Crippen LogP contribution in [0.2, 0.25) is 0 Å². The number of carbonyl (C=O) groups is 1. The molecule has 1 aliphatic heterocycles. The fourth-order valence-corrected chi connectivity index (χ4v) is 4.20. The van der Waals surface area contributed by atoms with Gasteiger partial charge in [-0.15, -0.1) is 16.4 Å². The first-order chi connectivity index (χ1) is 12.2. The Bertz CT molecular complexity index is 905. The van der Waals surface area contributed by atoms with Crippen LogP contribution in [-0.2, 0) is 16.0 Å². The van der Waals surface area contributed by atoms with Crippen molar-refractivity contribution >= 4 is 33.7 Å². The second-order valence-electron chi connectivity index (χ2n) is 6.05. The van der Waals surface area contributed by atoms with Crippen molar-refractivity contribution in [2.75, 3.05) is 18.5 Å². The number of nitrogens with zero attached hydrogens (tertiary/aromatic N) is 2. The van der Waals surface area contributed by atoms with Crippen LogP contribution in [0.4, 0.5) is 10.2 Å². The van der Waals surface area contributed by atoms with E-state index in [0.717, 1.165) is 52.3 Å². The van der Waals surface area contributed by atoms with E-state index in [4.69, 9.17) is 4.74 Å². The minimum atomic E-state index is -0.265. The molecule has 1 saturated heterocycles. The standard InChI is InChI=1S/C18H16FN3O2S/c19-13-3-1-12(2-4-13)16-8-14-15(7-11-5-6-24-9-11)21-22-18(20-10-23)17(14)25-16/h1-4,8,10-11H,5-7,9H2,(H,20,22,23). The summed E-state index contributed by atoms with van der Waals surface area (Å²) in [6, 6.07) is 8.43. The minimum Gasteiger partial charge on any atom is -0.381 e. The molecular weight excluding hydrogens is 341 g/mol. The van der Waals surface area contributed by atoms with Crippen LogP contribution in [0.25, 0.3) is 20.5 Å². The molecule has 3 heterocycles. The van der Waals surface area contributed by atoms with Gasteiger partial charge < -0.3 is 10.1 Å². The number of hydrogen-bond donors (Lipinski definition) is 1. The number of anilines is 1. The minimum absolute atomic E-state index is 0.265. The number of hydrogen-bond acceptors (Lipinski definition) is 5. The predicted octanol–water partition coefficient (Wildman–Crippen LogP) is 3.64. The molecule has 7 heteroatoms. The number of fused-ring (bicyclic) bond motifs is 1. The Labute approximate surface area is 147 Å². The molecule has 128 valence electrons. The van der Waals surface area contributed by atoms with E-state index in [2.05, 4.69) is 15.5 Å². The highest BCUT2D eigenvalue weighted by Crippen LogP contribution is 2.38. The molecule has 1 N–H and O–H groups in total. The maximum absolute atomic E-state index is 13.2. The number of aromatic nitrogens is 2. The molecule has 3 aromatic rings. The molecule has 1 aliphatic rings. The number of ether oxygens (including phenoxy) is 1. The molecule has 1 atom stereocenters. The summed E-state index contributed by atoms with van der Waals surface area (Å²) >= 11 is 1.52. The van der Waals surface area contributed by atoms with Crippen molar-refractivity contribution in [2.24, 2.45) is 5.92 Å². The molecule has 5 nitrogen and oxygen atoms in total. The van der Waals surface area contributed by atoms with Gasteiger partial charge in [0.1, 0.15) is 5.82 Å². The summed E-state index contributed by atoms with van der Waals surface area (Å²) in [6.07, 6.45) is 2.42. The van der Waals surface area contributed by atoms with Gasteiger partial charge in [0.15, 0.2) is 5.82 Å². The van der Waals surface area contributed by atoms with Crippen molar-refractivity contribution in [3.05, 3.63) is 41.8 Å². The molecule has 1 amide bonds. The maximum atomic E-state index is 13.2. The van der Waals surface area contributed by atoms with Gasteiger partial charge in [-0.3, -0.25) is 4.79 Å². The fourth-order valence-electron chi connectivity index (χ4n) is 3.07. The third kappa shape index (κ3) is 3.25. The molecule has 0 saturated carbocycles. The summed E-state index contributed by atoms with van der Waals surface area (Å²) < 4.78 is 19.5. The number of thiophene rings is 1. The lowest BCUT2D eigenvalue weighted by atomic mass is 10.0. The van der Waals surface area contributed by atoms with Crippen molar-refractivity contribution in [1.82, 2.24) is 10.2 Å². The molecule has 1 unspecified atom stereocenters. The van der Waals surface area contributed by atoms with Crippen LogP contribution in [-0.4, -0.2) is 29.8 Å². The van der Waals surface area contributed by atoms with E-state index in [1.54, 1.807) is 12.1 Å². The number of halogens is 1. The van der Waals surface area contributed by atoms with E-state index in [1.807, 2.05) is 6.07 Å². The van der Waals surface area contributed by atoms with Crippen LogP contribution in [0.15, 0.2) is 30.3 Å². The summed E-state index contributed by atoms with van der Waals surface area (Å²) in [6.45, 7) is 1.53. The highest BCUT2D eigenvalue weighted by atomic mass is 32.1. The summed E-state index contributed by atoms with van der Waals surface area (Å²) in [4.78, 5) is 11.9. The molecule has 4 rings (SSSR count). The monoisotopic (exact) mass is 357 g/mol. The van der Waals surface area contributed by atoms with E-state index in [-0.39, 0.29) is 5.82 Å². The Balaban J connectivity index is 1.79. The molecular formula is C18H16FN3O2S. The Morgan fingerprint density at radius 1 is 1.32 bits per heavy atom. The lowest BCUT2D eigenvalue weighted by Crippen LogP contribution is -2.08. The van der Waals surface area contributed by atoms with Crippen LogP contribution in [0.1, 0.15) is 12.1 Å². The second kappa shape index (κ2) is 6.85. The van der Waals surface area contributed by atoms with Gasteiger partial charge in [-0.05, 0) is 42.5 Å². The van der Waals surface area contributed by atoms with Crippen molar-refractivity contribution in [3.8, 4) is 10.4 Å². The van der Waals surface area contributed by atoms with Crippen molar-refractivity contribution in [3.63, 3.8) is 0 Å². The highest BCUT2D eigenvalue weighted by molar-refractivity contribution is 7.22. The summed E-state index contributed by atoms with van der Waals surface area (Å²) in [5, 5.41) is 12.1. The topological polar surface area (TPSA) is 64.1 Å². The Kier molecular flexibility index (Phi) is 4.42. The normalized spacial score (nSPS) is 17.1. The van der Waals surface area contributed by atoms with Crippen LogP contribution >= 0.6 is 11.3 Å². The average Bonchev–Trinajstić information content (AvgIpc) is 3.28. The van der Waals surface area contributed by atoms with E-state index in [9.17, 15) is 9.18 Å². The smallest absolute Gasteiger partial charge is 0.212 e. The number of benzene rings is 1. The highest BCUT2D eigenvalue weighted by Gasteiger charge is 2.21. The van der Waals surface area contributed by atoms with Gasteiger partial charge in [0.2, 0.25) is 6.41 Å². The summed E-state index contributed by atoms with van der Waals surface area (Å²) in [5.41, 5.74) is 1.83. The average molecular weight is 357 g/mol. The van der Waals surface area contributed by atoms with Gasteiger partial charge in [-0.2, -0.15) is 5.10 Å². The third-order valence-electron chi connectivity index (χ3n) is 4.36. The molecule has 0 radical (unpaired) electrons. The molecule has 0 aliphatic carbocycles. The fraction of sp³-hybridized carbons (Fsp3) is 0.278. The number of rotatable bonds is 5. The van der Waals surface area contributed by atoms with Crippen molar-refractivity contribution in [1.29, 1.82) is 0 Å². The predicted molar refractivity (Wildman–Crippen MR) is 95.1 cm³/mol. The maximum Gasteiger partial charge on any atom is 0.212 e. The lowest BCUT2D eigenvalue weighted by Gasteiger charge is -2.08. The Hall–Kier alpha value is -2.38. The van der Waals surface area contributed by atoms with E-state index >= 15 is 0 Å². The number of carbonyl (C=O) groups excluding carboxylic acids is 1. The first-order valence-corrected chi connectivity index (χ1v) is 8.89. The second-order valence-corrected chi connectivity index (χ2v) is 7.10. The van der Waals surface area contributed by atoms with Crippen LogP contribution < -0.4 is 5.32 Å². The zero-order chi connectivity index (χ0) is 17.2. The van der Waals surface area contributed by atoms with Crippen LogP contribution in [0.5, 0.6) is 0 Å². The summed E-state index contributed by atoms with van der Waals surface area (Å²) in [7, 11) is 0. The quantitative estimate of drug-likeness (QED) is 0.708. The van der Waals surface area contributed by atoms with Gasteiger partial charge in [-0.25, -0.2) is 4.39 Å². The molecule has 25 heavy (non-hydrogen) atoms. The van der Waals surface area contributed by atoms with Crippen molar-refractivity contribution < 1.29 is 13.9 Å². The number of amides is 1. The van der Waals surface area contributed by atoms with E-state index in [1.165, 1.54) is 23.5 Å². The summed E-state index contributed by atoms with van der Waals surface area (Å²) in [5.74, 6) is 0.629. The largest absolute Gasteiger partial charge is 0.381 e. The van der Waals surface area contributed by atoms with Crippen LogP contribution in [0.3, 0.4) is 0 Å². The zero-order valence-electron chi connectivity index (χ0n) is 13.4. The molecule has 1 aromatic carbocycles. The molecule has 0 spiro atoms. The lowest BCUT2D eigenvalue weighted by molar-refractivity contribution is -0.105. The first kappa shape index (κ1) is 16.1. The van der Waals surface area contributed by atoms with Gasteiger partial charge >= 0.3 is 0 Å². The van der Waals surface area contributed by atoms with Crippen LogP contribution in [0, 0.1) is 11.7 Å². The third-order valence-corrected chi connectivity index (χ3v) is 5.55. The SMILES string of the molecule is O=CNc1nnc(CC2CCOC2)c2cc(-c3ccc(F)cc3)sc12. The first-order valence-electron chi connectivity index (χ1n) is 8.07. The van der Waals surface area contributed by atoms with Gasteiger partial charge in [0.05, 0.1) is 10.4 Å².